The van der Waals surface area contributed by atoms with Crippen molar-refractivity contribution >= 4 is 22.8 Å². The normalized spacial score (nSPS) is 9.50. The first kappa shape index (κ1) is 12.9. The number of aromatic nitrogens is 1. The highest BCUT2D eigenvalue weighted by molar-refractivity contribution is 7.12. The molecule has 2 aromatic heterocycles. The summed E-state index contributed by atoms with van der Waals surface area (Å²) in [5.74, 6) is 0.112. The molecule has 0 aliphatic carbocycles. The summed E-state index contributed by atoms with van der Waals surface area (Å²) in [5, 5.41) is 1.90. The largest absolute Gasteiger partial charge is 1.00 e. The molecule has 2 aromatic rings. The summed E-state index contributed by atoms with van der Waals surface area (Å²) in [6.07, 6.45) is 3.59. The van der Waals surface area contributed by atoms with Crippen molar-refractivity contribution in [3.05, 3.63) is 46.9 Å². The maximum absolute atomic E-state index is 11.7. The number of carbonyl (C=O) groups is 1. The van der Waals surface area contributed by atoms with Crippen molar-refractivity contribution in [2.45, 2.75) is 6.54 Å². The molecule has 0 spiro atoms. The molecule has 2 rings (SSSR count). The topological polar surface area (TPSA) is 47.0 Å². The highest BCUT2D eigenvalue weighted by Crippen LogP contribution is 2.09. The van der Waals surface area contributed by atoms with E-state index in [1.807, 2.05) is 29.8 Å². The molecule has 84 valence electrons. The average Bonchev–Trinajstić information content (AvgIpc) is 2.70. The Hall–Kier alpha value is -1.20. The van der Waals surface area contributed by atoms with Gasteiger partial charge in [0.15, 0.2) is 12.4 Å². The van der Waals surface area contributed by atoms with Crippen molar-refractivity contribution in [2.24, 2.45) is 0 Å². The highest BCUT2D eigenvalue weighted by atomic mass is 79.9. The SMILES string of the molecule is Nc1ccc[n+](CC(=O)c2cccs2)c1.[Br-]. The Morgan fingerprint density at radius 3 is 2.81 bits per heavy atom. The lowest BCUT2D eigenvalue weighted by atomic mass is 10.3. The van der Waals surface area contributed by atoms with Gasteiger partial charge in [-0.2, -0.15) is 4.57 Å². The second-order valence-electron chi connectivity index (χ2n) is 3.21. The van der Waals surface area contributed by atoms with Gasteiger partial charge in [-0.25, -0.2) is 0 Å². The summed E-state index contributed by atoms with van der Waals surface area (Å²) in [7, 11) is 0. The lowest BCUT2D eigenvalue weighted by Gasteiger charge is -1.95. The van der Waals surface area contributed by atoms with Crippen molar-refractivity contribution in [2.75, 3.05) is 5.73 Å². The minimum absolute atomic E-state index is 0. The third-order valence-corrected chi connectivity index (χ3v) is 2.91. The number of hydrogen-bond donors (Lipinski definition) is 1. The lowest BCUT2D eigenvalue weighted by Crippen LogP contribution is -3.00. The summed E-state index contributed by atoms with van der Waals surface area (Å²) in [6, 6.07) is 7.34. The molecule has 0 radical (unpaired) electrons. The van der Waals surface area contributed by atoms with E-state index in [2.05, 4.69) is 0 Å². The molecule has 5 heteroatoms. The zero-order valence-electron chi connectivity index (χ0n) is 8.47. The van der Waals surface area contributed by atoms with Gasteiger partial charge >= 0.3 is 0 Å². The molecule has 0 aliphatic heterocycles. The van der Waals surface area contributed by atoms with E-state index in [0.717, 1.165) is 4.88 Å². The Bertz CT molecular complexity index is 471. The van der Waals surface area contributed by atoms with E-state index in [1.54, 1.807) is 16.8 Å². The zero-order chi connectivity index (χ0) is 10.7. The number of nitrogens with zero attached hydrogens (tertiary/aromatic N) is 1. The first-order valence-corrected chi connectivity index (χ1v) is 5.45. The van der Waals surface area contributed by atoms with Crippen LogP contribution < -0.4 is 27.3 Å². The van der Waals surface area contributed by atoms with Crippen LogP contribution in [0.3, 0.4) is 0 Å². The van der Waals surface area contributed by atoms with Gasteiger partial charge < -0.3 is 22.7 Å². The van der Waals surface area contributed by atoms with Gasteiger partial charge in [0.05, 0.1) is 10.6 Å². The number of nitrogens with two attached hydrogens (primary N) is 1. The first-order chi connectivity index (χ1) is 7.25. The van der Waals surface area contributed by atoms with Crippen molar-refractivity contribution in [1.82, 2.24) is 0 Å². The molecule has 0 saturated carbocycles. The van der Waals surface area contributed by atoms with E-state index in [4.69, 9.17) is 5.73 Å². The molecule has 16 heavy (non-hydrogen) atoms. The van der Waals surface area contributed by atoms with Gasteiger partial charge in [0.2, 0.25) is 12.3 Å². The second-order valence-corrected chi connectivity index (χ2v) is 4.16. The zero-order valence-corrected chi connectivity index (χ0v) is 10.9. The van der Waals surface area contributed by atoms with Crippen LogP contribution in [0.5, 0.6) is 0 Å². The van der Waals surface area contributed by atoms with E-state index in [9.17, 15) is 4.79 Å². The van der Waals surface area contributed by atoms with Crippen molar-refractivity contribution in [1.29, 1.82) is 0 Å². The van der Waals surface area contributed by atoms with Gasteiger partial charge in [0.1, 0.15) is 0 Å². The predicted molar refractivity (Wildman–Crippen MR) is 59.7 cm³/mol. The van der Waals surface area contributed by atoms with Crippen LogP contribution in [0.25, 0.3) is 0 Å². The van der Waals surface area contributed by atoms with Gasteiger partial charge in [-0.05, 0) is 17.5 Å². The van der Waals surface area contributed by atoms with E-state index in [0.29, 0.717) is 12.2 Å². The van der Waals surface area contributed by atoms with Crippen LogP contribution in [0.15, 0.2) is 42.0 Å². The Morgan fingerprint density at radius 2 is 2.19 bits per heavy atom. The van der Waals surface area contributed by atoms with Crippen molar-refractivity contribution in [3.8, 4) is 0 Å². The minimum atomic E-state index is 0. The average molecular weight is 299 g/mol. The fourth-order valence-electron chi connectivity index (χ4n) is 1.32. The van der Waals surface area contributed by atoms with Crippen molar-refractivity contribution in [3.63, 3.8) is 0 Å². The molecule has 2 heterocycles. The molecule has 0 bridgehead atoms. The summed E-state index contributed by atoms with van der Waals surface area (Å²) in [5.41, 5.74) is 6.29. The standard InChI is InChI=1S/C11H11N2OS.BrH/c12-9-3-1-5-13(7-9)8-10(14)11-4-2-6-15-11;/h1-7H,8,12H2;1H/q+1;/p-1. The Labute approximate surface area is 108 Å². The molecule has 0 amide bonds. The molecule has 0 aliphatic rings. The third-order valence-electron chi connectivity index (χ3n) is 2.00. The molecular formula is C11H11BrN2OS. The second kappa shape index (κ2) is 5.77. The van der Waals surface area contributed by atoms with Crippen LogP contribution in [-0.4, -0.2) is 5.78 Å². The van der Waals surface area contributed by atoms with Gasteiger partial charge in [0, 0.05) is 6.07 Å². The molecule has 2 N–H and O–H groups in total. The number of hydrogen-bond acceptors (Lipinski definition) is 3. The highest BCUT2D eigenvalue weighted by Gasteiger charge is 2.12. The molecule has 3 nitrogen and oxygen atoms in total. The Kier molecular flexibility index (Phi) is 4.64. The summed E-state index contributed by atoms with van der Waals surface area (Å²) in [4.78, 5) is 12.5. The molecule has 0 atom stereocenters. The number of thiophene rings is 1. The molecular weight excluding hydrogens is 288 g/mol. The van der Waals surface area contributed by atoms with E-state index >= 15 is 0 Å². The minimum Gasteiger partial charge on any atom is -1.00 e. The van der Waals surface area contributed by atoms with Gasteiger partial charge in [-0.3, -0.25) is 4.79 Å². The number of Topliss-reactive ketones (excluding diaryl/α,β-unsaturated/α-hetero) is 1. The smallest absolute Gasteiger partial charge is 0.237 e. The quantitative estimate of drug-likeness (QED) is 0.554. The van der Waals surface area contributed by atoms with Gasteiger partial charge in [-0.1, -0.05) is 6.07 Å². The van der Waals surface area contributed by atoms with Crippen molar-refractivity contribution < 1.29 is 26.3 Å². The first-order valence-electron chi connectivity index (χ1n) is 4.57. The van der Waals surface area contributed by atoms with E-state index in [-0.39, 0.29) is 22.8 Å². The number of carbonyl (C=O) groups excluding carboxylic acids is 1. The molecule has 0 unspecified atom stereocenters. The van der Waals surface area contributed by atoms with E-state index < -0.39 is 0 Å². The maximum atomic E-state index is 11.7. The molecule has 0 aromatic carbocycles. The number of anilines is 1. The van der Waals surface area contributed by atoms with E-state index in [1.165, 1.54) is 11.3 Å². The van der Waals surface area contributed by atoms with Crippen LogP contribution in [0.1, 0.15) is 9.67 Å². The van der Waals surface area contributed by atoms with Gasteiger partial charge in [-0.15, -0.1) is 11.3 Å². The Morgan fingerprint density at radius 1 is 1.38 bits per heavy atom. The van der Waals surface area contributed by atoms with Crippen LogP contribution in [0.4, 0.5) is 5.69 Å². The Balaban J connectivity index is 0.00000128. The number of rotatable bonds is 3. The third kappa shape index (κ3) is 3.15. The van der Waals surface area contributed by atoms with Crippen LogP contribution in [0.2, 0.25) is 0 Å². The fourth-order valence-corrected chi connectivity index (χ4v) is 1.98. The van der Waals surface area contributed by atoms with Crippen LogP contribution in [-0.2, 0) is 6.54 Å². The number of halogens is 1. The molecule has 0 saturated heterocycles. The fraction of sp³-hybridized carbons (Fsp3) is 0.0909. The number of ketones is 1. The van der Waals surface area contributed by atoms with Crippen LogP contribution in [0, 0.1) is 0 Å². The monoisotopic (exact) mass is 298 g/mol. The van der Waals surface area contributed by atoms with Gasteiger partial charge in [0.25, 0.3) is 0 Å². The predicted octanol–water partition coefficient (Wildman–Crippen LogP) is -1.50. The number of pyridine rings is 1. The summed E-state index contributed by atoms with van der Waals surface area (Å²) < 4.78 is 1.79. The summed E-state index contributed by atoms with van der Waals surface area (Å²) in [6.45, 7) is 0.339. The lowest BCUT2D eigenvalue weighted by molar-refractivity contribution is -0.682. The number of nitrogen functional groups attached to an aromatic ring is 1. The maximum Gasteiger partial charge on any atom is 0.237 e. The molecule has 0 fully saturated rings. The van der Waals surface area contributed by atoms with Crippen LogP contribution >= 0.6 is 11.3 Å². The summed E-state index contributed by atoms with van der Waals surface area (Å²) >= 11 is 1.46.